The summed E-state index contributed by atoms with van der Waals surface area (Å²) in [6.45, 7) is 2.72. The van der Waals surface area contributed by atoms with Crippen molar-refractivity contribution in [1.82, 2.24) is 0 Å². The van der Waals surface area contributed by atoms with Gasteiger partial charge in [0.05, 0.1) is 14.2 Å². The van der Waals surface area contributed by atoms with Gasteiger partial charge in [-0.05, 0) is 43.9 Å². The number of hydrogen-bond donors (Lipinski definition) is 1. The molecule has 1 aromatic carbocycles. The summed E-state index contributed by atoms with van der Waals surface area (Å²) in [5.41, 5.74) is 7.67. The minimum Gasteiger partial charge on any atom is -0.493 e. The molecule has 0 unspecified atom stereocenters. The van der Waals surface area contributed by atoms with Crippen LogP contribution in [0.1, 0.15) is 24.0 Å². The Bertz CT molecular complexity index is 380. The number of benzene rings is 1. The largest absolute Gasteiger partial charge is 0.493 e. The summed E-state index contributed by atoms with van der Waals surface area (Å²) < 4.78 is 10.6. The van der Waals surface area contributed by atoms with E-state index in [0.717, 1.165) is 41.2 Å². The van der Waals surface area contributed by atoms with Crippen LogP contribution in [0, 0.1) is 6.92 Å². The molecule has 0 radical (unpaired) electrons. The Hall–Kier alpha value is -0.930. The van der Waals surface area contributed by atoms with E-state index in [4.69, 9.17) is 26.8 Å². The summed E-state index contributed by atoms with van der Waals surface area (Å²) in [6.07, 6.45) is 2.96. The topological polar surface area (TPSA) is 44.5 Å². The molecule has 0 heterocycles. The van der Waals surface area contributed by atoms with E-state index >= 15 is 0 Å². The highest BCUT2D eigenvalue weighted by Gasteiger charge is 2.14. The quantitative estimate of drug-likeness (QED) is 0.797. The van der Waals surface area contributed by atoms with E-state index in [2.05, 4.69) is 0 Å². The fourth-order valence-electron chi connectivity index (χ4n) is 1.93. The molecule has 0 bridgehead atoms. The molecule has 0 aliphatic rings. The maximum atomic E-state index is 6.25. The third-order valence-electron chi connectivity index (χ3n) is 2.87. The van der Waals surface area contributed by atoms with Crippen LogP contribution in [0.4, 0.5) is 0 Å². The average molecular weight is 258 g/mol. The van der Waals surface area contributed by atoms with Crippen LogP contribution in [0.2, 0.25) is 5.02 Å². The van der Waals surface area contributed by atoms with Gasteiger partial charge in [0.25, 0.3) is 0 Å². The van der Waals surface area contributed by atoms with Gasteiger partial charge in [0.1, 0.15) is 0 Å². The highest BCUT2D eigenvalue weighted by atomic mass is 35.5. The van der Waals surface area contributed by atoms with E-state index in [1.54, 1.807) is 14.2 Å². The van der Waals surface area contributed by atoms with Gasteiger partial charge in [0.15, 0.2) is 11.5 Å². The first-order valence-corrected chi connectivity index (χ1v) is 6.13. The van der Waals surface area contributed by atoms with Crippen molar-refractivity contribution in [2.24, 2.45) is 5.73 Å². The molecule has 0 aliphatic carbocycles. The number of ether oxygens (including phenoxy) is 2. The Labute approximate surface area is 108 Å². The number of hydrogen-bond acceptors (Lipinski definition) is 3. The number of unbranched alkanes of at least 4 members (excludes halogenated alkanes) is 1. The zero-order chi connectivity index (χ0) is 12.8. The predicted octanol–water partition coefficient (Wildman–Crippen LogP) is 2.95. The lowest BCUT2D eigenvalue weighted by Crippen LogP contribution is -2.02. The van der Waals surface area contributed by atoms with Crippen LogP contribution in [0.25, 0.3) is 0 Å². The molecule has 17 heavy (non-hydrogen) atoms. The summed E-state index contributed by atoms with van der Waals surface area (Å²) in [7, 11) is 3.25. The minimum absolute atomic E-state index is 0.678. The van der Waals surface area contributed by atoms with Crippen molar-refractivity contribution in [3.05, 3.63) is 22.2 Å². The van der Waals surface area contributed by atoms with Crippen LogP contribution in [-0.2, 0) is 6.42 Å². The zero-order valence-corrected chi connectivity index (χ0v) is 11.4. The van der Waals surface area contributed by atoms with Crippen LogP contribution in [-0.4, -0.2) is 20.8 Å². The summed E-state index contributed by atoms with van der Waals surface area (Å²) in [5, 5.41) is 0.733. The Morgan fingerprint density at radius 1 is 1.24 bits per heavy atom. The average Bonchev–Trinajstić information content (AvgIpc) is 2.32. The smallest absolute Gasteiger partial charge is 0.163 e. The molecule has 0 fully saturated rings. The molecule has 0 spiro atoms. The van der Waals surface area contributed by atoms with Gasteiger partial charge >= 0.3 is 0 Å². The van der Waals surface area contributed by atoms with Gasteiger partial charge < -0.3 is 15.2 Å². The number of methoxy groups -OCH3 is 2. The summed E-state index contributed by atoms with van der Waals surface area (Å²) >= 11 is 6.25. The Morgan fingerprint density at radius 3 is 2.47 bits per heavy atom. The lowest BCUT2D eigenvalue weighted by molar-refractivity contribution is 0.352. The second kappa shape index (κ2) is 6.72. The third kappa shape index (κ3) is 3.27. The van der Waals surface area contributed by atoms with Gasteiger partial charge in [0, 0.05) is 11.1 Å². The van der Waals surface area contributed by atoms with Crippen molar-refractivity contribution in [3.8, 4) is 11.5 Å². The molecule has 0 aromatic heterocycles. The highest BCUT2D eigenvalue weighted by Crippen LogP contribution is 2.38. The van der Waals surface area contributed by atoms with Crippen LogP contribution in [0.5, 0.6) is 11.5 Å². The fourth-order valence-corrected chi connectivity index (χ4v) is 2.26. The van der Waals surface area contributed by atoms with Crippen LogP contribution in [0.3, 0.4) is 0 Å². The van der Waals surface area contributed by atoms with E-state index < -0.39 is 0 Å². The summed E-state index contributed by atoms with van der Waals surface area (Å²) in [5.74, 6) is 1.44. The van der Waals surface area contributed by atoms with Gasteiger partial charge in [0.2, 0.25) is 0 Å². The second-order valence-corrected chi connectivity index (χ2v) is 4.35. The van der Waals surface area contributed by atoms with Gasteiger partial charge in [-0.15, -0.1) is 0 Å². The maximum absolute atomic E-state index is 6.25. The molecular weight excluding hydrogens is 238 g/mol. The van der Waals surface area contributed by atoms with Crippen LogP contribution < -0.4 is 15.2 Å². The molecule has 0 amide bonds. The molecule has 0 saturated carbocycles. The van der Waals surface area contributed by atoms with Crippen LogP contribution in [0.15, 0.2) is 6.07 Å². The first-order chi connectivity index (χ1) is 8.15. The van der Waals surface area contributed by atoms with Crippen LogP contribution >= 0.6 is 11.6 Å². The van der Waals surface area contributed by atoms with Crippen molar-refractivity contribution >= 4 is 11.6 Å². The lowest BCUT2D eigenvalue weighted by Gasteiger charge is -2.16. The van der Waals surface area contributed by atoms with Crippen molar-refractivity contribution in [2.45, 2.75) is 26.2 Å². The summed E-state index contributed by atoms with van der Waals surface area (Å²) in [6, 6.07) is 1.81. The Balaban J connectivity index is 3.04. The number of rotatable bonds is 6. The SMILES string of the molecule is COc1cc(Cl)c(CCCCN)c(C)c1OC. The van der Waals surface area contributed by atoms with Crippen molar-refractivity contribution in [1.29, 1.82) is 0 Å². The van der Waals surface area contributed by atoms with E-state index in [-0.39, 0.29) is 0 Å². The second-order valence-electron chi connectivity index (χ2n) is 3.94. The zero-order valence-electron chi connectivity index (χ0n) is 10.7. The van der Waals surface area contributed by atoms with E-state index in [1.165, 1.54) is 0 Å². The Kier molecular flexibility index (Phi) is 5.59. The normalized spacial score (nSPS) is 10.4. The van der Waals surface area contributed by atoms with E-state index in [0.29, 0.717) is 12.3 Å². The molecule has 0 aliphatic heterocycles. The monoisotopic (exact) mass is 257 g/mol. The van der Waals surface area contributed by atoms with Gasteiger partial charge in [-0.1, -0.05) is 11.6 Å². The molecule has 2 N–H and O–H groups in total. The fraction of sp³-hybridized carbons (Fsp3) is 0.538. The molecule has 3 nitrogen and oxygen atoms in total. The minimum atomic E-state index is 0.678. The standard InChI is InChI=1S/C13H20ClNO2/c1-9-10(6-4-5-7-15)11(14)8-12(16-2)13(9)17-3/h8H,4-7,15H2,1-3H3. The first kappa shape index (κ1) is 14.1. The maximum Gasteiger partial charge on any atom is 0.163 e. The highest BCUT2D eigenvalue weighted by molar-refractivity contribution is 6.31. The predicted molar refractivity (Wildman–Crippen MR) is 71.3 cm³/mol. The first-order valence-electron chi connectivity index (χ1n) is 5.75. The van der Waals surface area contributed by atoms with Gasteiger partial charge in [-0.25, -0.2) is 0 Å². The van der Waals surface area contributed by atoms with Gasteiger partial charge in [-0.2, -0.15) is 0 Å². The molecule has 4 heteroatoms. The third-order valence-corrected chi connectivity index (χ3v) is 3.21. The number of halogens is 1. The molecule has 1 rings (SSSR count). The van der Waals surface area contributed by atoms with E-state index in [9.17, 15) is 0 Å². The molecule has 0 atom stereocenters. The van der Waals surface area contributed by atoms with E-state index in [1.807, 2.05) is 13.0 Å². The summed E-state index contributed by atoms with van der Waals surface area (Å²) in [4.78, 5) is 0. The van der Waals surface area contributed by atoms with Crippen molar-refractivity contribution in [2.75, 3.05) is 20.8 Å². The Morgan fingerprint density at radius 2 is 1.94 bits per heavy atom. The lowest BCUT2D eigenvalue weighted by atomic mass is 10.0. The number of nitrogens with two attached hydrogens (primary N) is 1. The molecule has 96 valence electrons. The van der Waals surface area contributed by atoms with Crippen molar-refractivity contribution < 1.29 is 9.47 Å². The van der Waals surface area contributed by atoms with Crippen molar-refractivity contribution in [3.63, 3.8) is 0 Å². The molecular formula is C13H20ClNO2. The molecule has 1 aromatic rings. The molecule has 0 saturated heterocycles. The van der Waals surface area contributed by atoms with Gasteiger partial charge in [-0.3, -0.25) is 0 Å².